The van der Waals surface area contributed by atoms with Crippen molar-refractivity contribution in [2.45, 2.75) is 26.1 Å². The Morgan fingerprint density at radius 1 is 1.03 bits per heavy atom. The van der Waals surface area contributed by atoms with Crippen LogP contribution in [0.4, 0.5) is 10.1 Å². The van der Waals surface area contributed by atoms with E-state index in [0.29, 0.717) is 24.7 Å². The van der Waals surface area contributed by atoms with Gasteiger partial charge in [0, 0.05) is 23.8 Å². The summed E-state index contributed by atoms with van der Waals surface area (Å²) in [4.78, 5) is 15.5. The number of hydrogen-bond acceptors (Lipinski definition) is 3. The molecular weight excluding hydrogens is 413 g/mol. The summed E-state index contributed by atoms with van der Waals surface area (Å²) in [6.45, 7) is 3.73. The van der Waals surface area contributed by atoms with E-state index in [2.05, 4.69) is 35.4 Å². The maximum absolute atomic E-state index is 14.2. The number of halogens is 2. The molecule has 2 atom stereocenters. The number of nitrogens with one attached hydrogen (secondary N) is 1. The Bertz CT molecular complexity index is 1150. The lowest BCUT2D eigenvalue weighted by Gasteiger charge is -2.36. The number of hydrogen-bond donors (Lipinski definition) is 1. The molecule has 4 nitrogen and oxygen atoms in total. The highest BCUT2D eigenvalue weighted by atomic mass is 35.5. The zero-order chi connectivity index (χ0) is 21.5. The van der Waals surface area contributed by atoms with Gasteiger partial charge in [0.2, 0.25) is 5.91 Å². The highest BCUT2D eigenvalue weighted by molar-refractivity contribution is 6.30. The van der Waals surface area contributed by atoms with Gasteiger partial charge in [-0.05, 0) is 53.9 Å². The molecule has 1 saturated heterocycles. The Labute approximate surface area is 186 Å². The average molecular weight is 436 g/mol. The standard InChI is InChI=1S/C25H23ClFN3O/c1-16-4-2-5-17(10-16)13-29-15-22-24(21-12-20(27)8-9-23(21)29)28-30(25(22)31)14-18-6-3-7-19(26)11-18/h2-12,22,24,28H,13-15H2,1H3. The van der Waals surface area contributed by atoms with Gasteiger partial charge in [-0.1, -0.05) is 53.6 Å². The Kier molecular flexibility index (Phi) is 5.16. The van der Waals surface area contributed by atoms with Crippen LogP contribution in [0.1, 0.15) is 28.3 Å². The number of hydrazine groups is 1. The van der Waals surface area contributed by atoms with E-state index in [4.69, 9.17) is 11.6 Å². The normalized spacial score (nSPS) is 20.0. The van der Waals surface area contributed by atoms with Gasteiger partial charge in [0.25, 0.3) is 0 Å². The zero-order valence-corrected chi connectivity index (χ0v) is 17.9. The van der Waals surface area contributed by atoms with Crippen LogP contribution in [-0.2, 0) is 17.9 Å². The second-order valence-electron chi connectivity index (χ2n) is 8.34. The minimum absolute atomic E-state index is 0.0223. The topological polar surface area (TPSA) is 35.6 Å². The molecule has 1 amide bonds. The van der Waals surface area contributed by atoms with Crippen LogP contribution < -0.4 is 10.3 Å². The number of benzene rings is 3. The lowest BCUT2D eigenvalue weighted by molar-refractivity contribution is -0.132. The van der Waals surface area contributed by atoms with Crippen LogP contribution in [0.5, 0.6) is 0 Å². The lowest BCUT2D eigenvalue weighted by Crippen LogP contribution is -2.39. The second kappa shape index (κ2) is 7.98. The predicted molar refractivity (Wildman–Crippen MR) is 120 cm³/mol. The van der Waals surface area contributed by atoms with Gasteiger partial charge in [0.05, 0.1) is 18.5 Å². The van der Waals surface area contributed by atoms with Crippen LogP contribution in [-0.4, -0.2) is 17.5 Å². The van der Waals surface area contributed by atoms with Crippen molar-refractivity contribution in [3.8, 4) is 0 Å². The summed E-state index contributed by atoms with van der Waals surface area (Å²) in [6.07, 6.45) is 0. The molecule has 0 bridgehead atoms. The molecule has 31 heavy (non-hydrogen) atoms. The van der Waals surface area contributed by atoms with Crippen LogP contribution in [0.25, 0.3) is 0 Å². The third-order valence-corrected chi connectivity index (χ3v) is 6.28. The molecule has 2 unspecified atom stereocenters. The number of rotatable bonds is 4. The Balaban J connectivity index is 1.45. The first-order valence-electron chi connectivity index (χ1n) is 10.4. The van der Waals surface area contributed by atoms with Crippen molar-refractivity contribution in [2.75, 3.05) is 11.4 Å². The van der Waals surface area contributed by atoms with E-state index in [9.17, 15) is 9.18 Å². The van der Waals surface area contributed by atoms with Gasteiger partial charge in [-0.15, -0.1) is 0 Å². The first kappa shape index (κ1) is 20.0. The number of nitrogens with zero attached hydrogens (tertiary/aromatic N) is 2. The molecule has 158 valence electrons. The molecule has 3 aromatic rings. The molecule has 0 aromatic heterocycles. The summed E-state index contributed by atoms with van der Waals surface area (Å²) in [5, 5.41) is 2.28. The van der Waals surface area contributed by atoms with Crippen LogP contribution in [0.3, 0.4) is 0 Å². The van der Waals surface area contributed by atoms with Gasteiger partial charge < -0.3 is 4.90 Å². The van der Waals surface area contributed by atoms with Gasteiger partial charge in [0.1, 0.15) is 5.82 Å². The number of carbonyl (C=O) groups is 1. The largest absolute Gasteiger partial charge is 0.366 e. The summed E-state index contributed by atoms with van der Waals surface area (Å²) in [6, 6.07) is 20.4. The van der Waals surface area contributed by atoms with E-state index in [1.165, 1.54) is 17.2 Å². The minimum Gasteiger partial charge on any atom is -0.366 e. The smallest absolute Gasteiger partial charge is 0.243 e. The molecule has 5 rings (SSSR count). The number of fused-ring (bicyclic) bond motifs is 3. The fourth-order valence-electron chi connectivity index (χ4n) is 4.65. The van der Waals surface area contributed by atoms with E-state index in [1.807, 2.05) is 36.4 Å². The lowest BCUT2D eigenvalue weighted by atomic mass is 9.87. The van der Waals surface area contributed by atoms with Gasteiger partial charge in [-0.25, -0.2) is 9.82 Å². The molecule has 1 fully saturated rings. The monoisotopic (exact) mass is 435 g/mol. The van der Waals surface area contributed by atoms with Crippen molar-refractivity contribution < 1.29 is 9.18 Å². The average Bonchev–Trinajstić information content (AvgIpc) is 3.04. The number of anilines is 1. The first-order chi connectivity index (χ1) is 15.0. The number of carbonyl (C=O) groups excluding carboxylic acids is 1. The van der Waals surface area contributed by atoms with Crippen molar-refractivity contribution in [3.05, 3.63) is 99.8 Å². The molecule has 3 aromatic carbocycles. The molecule has 0 radical (unpaired) electrons. The van der Waals surface area contributed by atoms with Crippen molar-refractivity contribution in [2.24, 2.45) is 5.92 Å². The Hall–Kier alpha value is -2.89. The fraction of sp³-hybridized carbons (Fsp3) is 0.240. The maximum atomic E-state index is 14.2. The van der Waals surface area contributed by atoms with Crippen molar-refractivity contribution in [1.29, 1.82) is 0 Å². The molecule has 2 aliphatic heterocycles. The summed E-state index contributed by atoms with van der Waals surface area (Å²) < 4.78 is 14.2. The minimum atomic E-state index is -0.294. The quantitative estimate of drug-likeness (QED) is 0.625. The summed E-state index contributed by atoms with van der Waals surface area (Å²) in [5.74, 6) is -0.551. The molecule has 0 spiro atoms. The number of amides is 1. The first-order valence-corrected chi connectivity index (χ1v) is 10.8. The van der Waals surface area contributed by atoms with Crippen molar-refractivity contribution in [1.82, 2.24) is 10.4 Å². The summed E-state index contributed by atoms with van der Waals surface area (Å²) >= 11 is 6.11. The molecule has 0 saturated carbocycles. The van der Waals surface area contributed by atoms with E-state index in [1.54, 1.807) is 11.1 Å². The fourth-order valence-corrected chi connectivity index (χ4v) is 4.87. The van der Waals surface area contributed by atoms with E-state index >= 15 is 0 Å². The van der Waals surface area contributed by atoms with E-state index < -0.39 is 0 Å². The third-order valence-electron chi connectivity index (χ3n) is 6.05. The van der Waals surface area contributed by atoms with Gasteiger partial charge in [-0.3, -0.25) is 9.80 Å². The highest BCUT2D eigenvalue weighted by Crippen LogP contribution is 2.42. The maximum Gasteiger partial charge on any atom is 0.243 e. The molecular formula is C25H23ClFN3O. The van der Waals surface area contributed by atoms with Crippen LogP contribution in [0.15, 0.2) is 66.7 Å². The number of aryl methyl sites for hydroxylation is 1. The summed E-state index contributed by atoms with van der Waals surface area (Å²) in [5.41, 5.74) is 8.44. The van der Waals surface area contributed by atoms with Crippen molar-refractivity contribution >= 4 is 23.2 Å². The molecule has 1 N–H and O–H groups in total. The van der Waals surface area contributed by atoms with Gasteiger partial charge >= 0.3 is 0 Å². The predicted octanol–water partition coefficient (Wildman–Crippen LogP) is 5.01. The molecule has 2 aliphatic rings. The van der Waals surface area contributed by atoms with Gasteiger partial charge in [0.15, 0.2) is 0 Å². The van der Waals surface area contributed by atoms with Crippen molar-refractivity contribution in [3.63, 3.8) is 0 Å². The Morgan fingerprint density at radius 2 is 1.81 bits per heavy atom. The SMILES string of the molecule is Cc1cccc(CN2CC3C(=O)N(Cc4cccc(Cl)c4)NC3c3cc(F)ccc32)c1. The van der Waals surface area contributed by atoms with Crippen LogP contribution in [0.2, 0.25) is 5.02 Å². The molecule has 0 aliphatic carbocycles. The van der Waals surface area contributed by atoms with Crippen LogP contribution >= 0.6 is 11.6 Å². The Morgan fingerprint density at radius 3 is 2.58 bits per heavy atom. The third kappa shape index (κ3) is 3.91. The van der Waals surface area contributed by atoms with E-state index in [-0.39, 0.29) is 23.7 Å². The second-order valence-corrected chi connectivity index (χ2v) is 8.78. The van der Waals surface area contributed by atoms with Gasteiger partial charge in [-0.2, -0.15) is 0 Å². The van der Waals surface area contributed by atoms with Crippen LogP contribution in [0, 0.1) is 18.7 Å². The summed E-state index contributed by atoms with van der Waals surface area (Å²) in [7, 11) is 0. The highest BCUT2D eigenvalue weighted by Gasteiger charge is 2.46. The zero-order valence-electron chi connectivity index (χ0n) is 17.2. The van der Waals surface area contributed by atoms with E-state index in [0.717, 1.165) is 16.8 Å². The molecule has 6 heteroatoms. The molecule has 2 heterocycles.